The molecule has 0 aromatic heterocycles. The van der Waals surface area contributed by atoms with E-state index in [0.29, 0.717) is 51.7 Å². The van der Waals surface area contributed by atoms with Gasteiger partial charge in [-0.3, -0.25) is 14.4 Å². The number of nitrogens with one attached hydrogen (secondary N) is 2. The van der Waals surface area contributed by atoms with Crippen LogP contribution in [0.4, 0.5) is 0 Å². The third-order valence-corrected chi connectivity index (χ3v) is 5.44. The monoisotopic (exact) mass is 442 g/mol. The van der Waals surface area contributed by atoms with Gasteiger partial charge >= 0.3 is 5.97 Å². The number of carbonyl (C=O) groups is 4. The van der Waals surface area contributed by atoms with Crippen LogP contribution in [-0.4, -0.2) is 77.5 Å². The molecule has 0 spiro atoms. The molecule has 178 valence electrons. The largest absolute Gasteiger partial charge is 0.480 e. The summed E-state index contributed by atoms with van der Waals surface area (Å²) in [5.41, 5.74) is 16.9. The van der Waals surface area contributed by atoms with Gasteiger partial charge in [0, 0.05) is 6.54 Å². The van der Waals surface area contributed by atoms with Crippen LogP contribution in [0.1, 0.15) is 58.3 Å². The standard InChI is InChI=1S/C20H38N6O5/c1-13(17(27)25-15(20(30)31)8-3-5-11-22)24-18(28)16-9-6-12-26(16)19(29)14(23)7-2-4-10-21/h13-16H,2-12,21-23H2,1H3,(H,24,28)(H,25,27)(H,30,31)/t13-,14-,15-,16-/m0/s1. The molecule has 0 radical (unpaired) electrons. The Labute approximate surface area is 183 Å². The molecule has 11 nitrogen and oxygen atoms in total. The second-order valence-electron chi connectivity index (χ2n) is 7.99. The molecule has 1 saturated heterocycles. The zero-order valence-corrected chi connectivity index (χ0v) is 18.3. The average Bonchev–Trinajstić information content (AvgIpc) is 3.22. The molecule has 4 atom stereocenters. The van der Waals surface area contributed by atoms with Gasteiger partial charge in [-0.15, -0.1) is 0 Å². The van der Waals surface area contributed by atoms with Crippen LogP contribution in [0.5, 0.6) is 0 Å². The van der Waals surface area contributed by atoms with Gasteiger partial charge in [0.15, 0.2) is 0 Å². The molecule has 31 heavy (non-hydrogen) atoms. The minimum Gasteiger partial charge on any atom is -0.480 e. The van der Waals surface area contributed by atoms with Crippen molar-refractivity contribution >= 4 is 23.7 Å². The highest BCUT2D eigenvalue weighted by Crippen LogP contribution is 2.19. The highest BCUT2D eigenvalue weighted by molar-refractivity contribution is 5.94. The Morgan fingerprint density at radius 2 is 1.65 bits per heavy atom. The number of carbonyl (C=O) groups excluding carboxylic acids is 3. The molecule has 1 fully saturated rings. The van der Waals surface area contributed by atoms with Crippen LogP contribution in [0, 0.1) is 0 Å². The Morgan fingerprint density at radius 3 is 2.23 bits per heavy atom. The Bertz CT molecular complexity index is 617. The molecule has 9 N–H and O–H groups in total. The maximum Gasteiger partial charge on any atom is 0.326 e. The third kappa shape index (κ3) is 8.80. The van der Waals surface area contributed by atoms with Gasteiger partial charge in [-0.1, -0.05) is 6.42 Å². The second kappa shape index (κ2) is 13.9. The van der Waals surface area contributed by atoms with Crippen LogP contribution in [0.3, 0.4) is 0 Å². The van der Waals surface area contributed by atoms with E-state index in [1.807, 2.05) is 0 Å². The van der Waals surface area contributed by atoms with E-state index >= 15 is 0 Å². The Hall–Kier alpha value is -2.24. The minimum absolute atomic E-state index is 0.256. The summed E-state index contributed by atoms with van der Waals surface area (Å²) in [4.78, 5) is 50.6. The van der Waals surface area contributed by atoms with E-state index in [2.05, 4.69) is 10.6 Å². The van der Waals surface area contributed by atoms with Crippen LogP contribution in [-0.2, 0) is 19.2 Å². The van der Waals surface area contributed by atoms with Gasteiger partial charge in [0.25, 0.3) is 0 Å². The normalized spacial score (nSPS) is 18.8. The molecule has 0 unspecified atom stereocenters. The molecule has 0 aromatic rings. The van der Waals surface area contributed by atoms with Crippen LogP contribution < -0.4 is 27.8 Å². The maximum atomic E-state index is 12.7. The van der Waals surface area contributed by atoms with E-state index in [9.17, 15) is 24.3 Å². The number of amides is 3. The molecule has 1 rings (SSSR count). The van der Waals surface area contributed by atoms with Crippen molar-refractivity contribution in [3.8, 4) is 0 Å². The predicted octanol–water partition coefficient (Wildman–Crippen LogP) is -1.36. The Balaban J connectivity index is 2.61. The lowest BCUT2D eigenvalue weighted by Crippen LogP contribution is -2.55. The zero-order chi connectivity index (χ0) is 23.4. The summed E-state index contributed by atoms with van der Waals surface area (Å²) in [6.45, 7) is 2.89. The fraction of sp³-hybridized carbons (Fsp3) is 0.800. The SMILES string of the molecule is C[C@H](NC(=O)[C@@H]1CCCN1C(=O)[C@@H](N)CCCCN)C(=O)N[C@@H](CCCCN)C(=O)O. The summed E-state index contributed by atoms with van der Waals surface area (Å²) in [6.07, 6.45) is 4.65. The van der Waals surface area contributed by atoms with Crippen LogP contribution in [0.15, 0.2) is 0 Å². The molecule has 0 bridgehead atoms. The topological polar surface area (TPSA) is 194 Å². The average molecular weight is 443 g/mol. The van der Waals surface area contributed by atoms with E-state index in [4.69, 9.17) is 17.2 Å². The zero-order valence-electron chi connectivity index (χ0n) is 18.3. The van der Waals surface area contributed by atoms with Crippen LogP contribution in [0.25, 0.3) is 0 Å². The van der Waals surface area contributed by atoms with Crippen molar-refractivity contribution in [2.24, 2.45) is 17.2 Å². The number of unbranched alkanes of at least 4 members (excludes halogenated alkanes) is 2. The molecule has 11 heteroatoms. The Kier molecular flexibility index (Phi) is 12.1. The van der Waals surface area contributed by atoms with Gasteiger partial charge in [-0.05, 0) is 65.0 Å². The first-order chi connectivity index (χ1) is 14.7. The molecule has 1 aliphatic rings. The quantitative estimate of drug-likeness (QED) is 0.177. The summed E-state index contributed by atoms with van der Waals surface area (Å²) in [6, 6.07) is -3.37. The van der Waals surface area contributed by atoms with E-state index < -0.39 is 42.0 Å². The van der Waals surface area contributed by atoms with Gasteiger partial charge in [0.1, 0.15) is 18.1 Å². The summed E-state index contributed by atoms with van der Waals surface area (Å²) in [5, 5.41) is 14.3. The number of carboxylic acid groups (broad SMARTS) is 1. The van der Waals surface area contributed by atoms with Gasteiger partial charge in [-0.25, -0.2) is 4.79 Å². The van der Waals surface area contributed by atoms with Crippen LogP contribution in [0.2, 0.25) is 0 Å². The van der Waals surface area contributed by atoms with E-state index in [1.54, 1.807) is 0 Å². The molecule has 0 aliphatic carbocycles. The molecular weight excluding hydrogens is 404 g/mol. The molecule has 0 saturated carbocycles. The first-order valence-corrected chi connectivity index (χ1v) is 11.0. The number of nitrogens with zero attached hydrogens (tertiary/aromatic N) is 1. The van der Waals surface area contributed by atoms with Crippen molar-refractivity contribution < 1.29 is 24.3 Å². The first kappa shape index (κ1) is 26.8. The fourth-order valence-electron chi connectivity index (χ4n) is 3.57. The first-order valence-electron chi connectivity index (χ1n) is 11.0. The molecule has 0 aromatic carbocycles. The van der Waals surface area contributed by atoms with Crippen molar-refractivity contribution in [3.63, 3.8) is 0 Å². The lowest BCUT2D eigenvalue weighted by Gasteiger charge is -2.28. The number of likely N-dealkylation sites (tertiary alicyclic amines) is 1. The number of hydrogen-bond acceptors (Lipinski definition) is 7. The van der Waals surface area contributed by atoms with Gasteiger partial charge in [0.05, 0.1) is 6.04 Å². The van der Waals surface area contributed by atoms with Gasteiger partial charge in [0.2, 0.25) is 17.7 Å². The van der Waals surface area contributed by atoms with Gasteiger partial charge < -0.3 is 37.8 Å². The van der Waals surface area contributed by atoms with Gasteiger partial charge in [-0.2, -0.15) is 0 Å². The molecule has 3 amide bonds. The van der Waals surface area contributed by atoms with E-state index in [-0.39, 0.29) is 12.3 Å². The van der Waals surface area contributed by atoms with E-state index in [1.165, 1.54) is 11.8 Å². The highest BCUT2D eigenvalue weighted by Gasteiger charge is 2.37. The Morgan fingerprint density at radius 1 is 1.03 bits per heavy atom. The number of rotatable bonds is 14. The summed E-state index contributed by atoms with van der Waals surface area (Å²) < 4.78 is 0. The summed E-state index contributed by atoms with van der Waals surface area (Å²) in [7, 11) is 0. The fourth-order valence-corrected chi connectivity index (χ4v) is 3.57. The van der Waals surface area contributed by atoms with Crippen molar-refractivity contribution in [2.45, 2.75) is 82.5 Å². The van der Waals surface area contributed by atoms with Crippen molar-refractivity contribution in [1.29, 1.82) is 0 Å². The van der Waals surface area contributed by atoms with E-state index in [0.717, 1.165) is 12.8 Å². The van der Waals surface area contributed by atoms with Crippen LogP contribution >= 0.6 is 0 Å². The van der Waals surface area contributed by atoms with Crippen molar-refractivity contribution in [3.05, 3.63) is 0 Å². The molecule has 1 aliphatic heterocycles. The number of hydrogen-bond donors (Lipinski definition) is 6. The van der Waals surface area contributed by atoms with Crippen molar-refractivity contribution in [2.75, 3.05) is 19.6 Å². The summed E-state index contributed by atoms with van der Waals surface area (Å²) in [5.74, 6) is -2.46. The number of aliphatic carboxylic acids is 1. The second-order valence-corrected chi connectivity index (χ2v) is 7.99. The summed E-state index contributed by atoms with van der Waals surface area (Å²) >= 11 is 0. The predicted molar refractivity (Wildman–Crippen MR) is 116 cm³/mol. The van der Waals surface area contributed by atoms with Crippen molar-refractivity contribution in [1.82, 2.24) is 15.5 Å². The highest BCUT2D eigenvalue weighted by atomic mass is 16.4. The maximum absolute atomic E-state index is 12.7. The smallest absolute Gasteiger partial charge is 0.326 e. The molecule has 1 heterocycles. The molecular formula is C20H38N6O5. The number of nitrogens with two attached hydrogens (primary N) is 3. The lowest BCUT2D eigenvalue weighted by molar-refractivity contribution is -0.143. The minimum atomic E-state index is -1.14. The number of carboxylic acids is 1. The third-order valence-electron chi connectivity index (χ3n) is 5.44. The lowest BCUT2D eigenvalue weighted by atomic mass is 10.1.